The lowest BCUT2D eigenvalue weighted by Gasteiger charge is -2.31. The molecule has 2 amide bonds. The molecule has 1 aliphatic rings. The molecule has 2 aromatic carbocycles. The van der Waals surface area contributed by atoms with E-state index >= 15 is 0 Å². The van der Waals surface area contributed by atoms with Gasteiger partial charge in [-0.2, -0.15) is 4.99 Å². The molecule has 0 unspecified atom stereocenters. The first-order chi connectivity index (χ1) is 17.4. The number of methoxy groups -OCH3 is 2. The van der Waals surface area contributed by atoms with Crippen molar-refractivity contribution < 1.29 is 28.6 Å². The predicted molar refractivity (Wildman–Crippen MR) is 135 cm³/mol. The molecule has 0 bridgehead atoms. The van der Waals surface area contributed by atoms with Crippen molar-refractivity contribution in [3.63, 3.8) is 0 Å². The molecule has 1 aliphatic heterocycles. The van der Waals surface area contributed by atoms with Crippen molar-refractivity contribution in [3.8, 4) is 11.5 Å². The molecule has 0 spiro atoms. The summed E-state index contributed by atoms with van der Waals surface area (Å²) in [6, 6.07) is 12.5. The van der Waals surface area contributed by atoms with Crippen LogP contribution in [0.4, 0.5) is 0 Å². The highest BCUT2D eigenvalue weighted by molar-refractivity contribution is 7.16. The second kappa shape index (κ2) is 11.4. The number of benzene rings is 2. The maximum Gasteiger partial charge on any atom is 0.309 e. The molecule has 190 valence electrons. The zero-order valence-electron chi connectivity index (χ0n) is 20.6. The molecule has 2 heterocycles. The van der Waals surface area contributed by atoms with Gasteiger partial charge in [-0.05, 0) is 50.1 Å². The SMILES string of the molecule is CCOC(=O)C1CCN(C(=O)Cn2c(=NC(=O)c3ccc(OC)c(OC)c3)sc3ccccc32)CC1. The smallest absolute Gasteiger partial charge is 0.309 e. The monoisotopic (exact) mass is 511 g/mol. The average molecular weight is 512 g/mol. The Bertz CT molecular complexity index is 1340. The summed E-state index contributed by atoms with van der Waals surface area (Å²) in [6.07, 6.45) is 1.16. The molecule has 0 atom stereocenters. The summed E-state index contributed by atoms with van der Waals surface area (Å²) in [4.78, 5) is 44.8. The maximum absolute atomic E-state index is 13.2. The van der Waals surface area contributed by atoms with Crippen LogP contribution in [-0.2, 0) is 20.9 Å². The van der Waals surface area contributed by atoms with Crippen molar-refractivity contribution in [1.82, 2.24) is 9.47 Å². The summed E-state index contributed by atoms with van der Waals surface area (Å²) in [6.45, 7) is 3.17. The van der Waals surface area contributed by atoms with Gasteiger partial charge in [-0.1, -0.05) is 23.5 Å². The molecule has 36 heavy (non-hydrogen) atoms. The minimum Gasteiger partial charge on any atom is -0.493 e. The number of piperidine rings is 1. The number of amides is 2. The Hall–Kier alpha value is -3.66. The van der Waals surface area contributed by atoms with Gasteiger partial charge in [0, 0.05) is 18.7 Å². The Balaban J connectivity index is 1.59. The summed E-state index contributed by atoms with van der Waals surface area (Å²) in [5.74, 6) is 0.0539. The standard InChI is InChI=1S/C26H29N3O6S/c1-4-35-25(32)17-11-13-28(14-12-17)23(30)16-29-19-7-5-6-8-22(19)36-26(29)27-24(31)18-9-10-20(33-2)21(15-18)34-3/h5-10,15,17H,4,11-14,16H2,1-3H3. The van der Waals surface area contributed by atoms with Crippen LogP contribution in [0.25, 0.3) is 10.2 Å². The van der Waals surface area contributed by atoms with Crippen LogP contribution >= 0.6 is 11.3 Å². The van der Waals surface area contributed by atoms with Gasteiger partial charge in [0.15, 0.2) is 16.3 Å². The second-order valence-electron chi connectivity index (χ2n) is 8.33. The fourth-order valence-electron chi connectivity index (χ4n) is 4.24. The van der Waals surface area contributed by atoms with Gasteiger partial charge in [0.25, 0.3) is 5.91 Å². The summed E-state index contributed by atoms with van der Waals surface area (Å²) >= 11 is 1.35. The van der Waals surface area contributed by atoms with Crippen LogP contribution in [-0.4, -0.2) is 61.2 Å². The summed E-state index contributed by atoms with van der Waals surface area (Å²) < 4.78 is 18.4. The number of nitrogens with zero attached hydrogens (tertiary/aromatic N) is 3. The minimum atomic E-state index is -0.445. The van der Waals surface area contributed by atoms with Crippen LogP contribution in [0, 0.1) is 5.92 Å². The molecule has 0 radical (unpaired) electrons. The summed E-state index contributed by atoms with van der Waals surface area (Å²) in [5.41, 5.74) is 1.18. The number of rotatable bonds is 7. The van der Waals surface area contributed by atoms with Crippen LogP contribution in [0.15, 0.2) is 47.5 Å². The van der Waals surface area contributed by atoms with Gasteiger partial charge in [-0.3, -0.25) is 14.4 Å². The Morgan fingerprint density at radius 2 is 1.75 bits per heavy atom. The van der Waals surface area contributed by atoms with Crippen molar-refractivity contribution >= 4 is 39.3 Å². The number of fused-ring (bicyclic) bond motifs is 1. The van der Waals surface area contributed by atoms with E-state index in [1.807, 2.05) is 24.3 Å². The minimum absolute atomic E-state index is 0.0478. The molecule has 0 saturated carbocycles. The number of ether oxygens (including phenoxy) is 3. The van der Waals surface area contributed by atoms with E-state index in [1.54, 1.807) is 34.6 Å². The van der Waals surface area contributed by atoms with E-state index in [4.69, 9.17) is 14.2 Å². The van der Waals surface area contributed by atoms with Crippen LogP contribution in [0.2, 0.25) is 0 Å². The Labute approximate surface area is 212 Å². The molecule has 1 fully saturated rings. The van der Waals surface area contributed by atoms with Gasteiger partial charge >= 0.3 is 5.97 Å². The van der Waals surface area contributed by atoms with Crippen LogP contribution < -0.4 is 14.3 Å². The Kier molecular flexibility index (Phi) is 8.04. The van der Waals surface area contributed by atoms with Gasteiger partial charge in [-0.15, -0.1) is 0 Å². The number of carbonyl (C=O) groups excluding carboxylic acids is 3. The molecule has 3 aromatic rings. The zero-order chi connectivity index (χ0) is 25.7. The van der Waals surface area contributed by atoms with Crippen molar-refractivity contribution in [2.45, 2.75) is 26.3 Å². The van der Waals surface area contributed by atoms with Crippen molar-refractivity contribution in [3.05, 3.63) is 52.8 Å². The lowest BCUT2D eigenvalue weighted by Crippen LogP contribution is -2.42. The van der Waals surface area contributed by atoms with Crippen LogP contribution in [0.1, 0.15) is 30.1 Å². The first-order valence-corrected chi connectivity index (χ1v) is 12.6. The van der Waals surface area contributed by atoms with E-state index in [0.717, 1.165) is 10.2 Å². The largest absolute Gasteiger partial charge is 0.493 e. The number of hydrogen-bond donors (Lipinski definition) is 0. The molecule has 0 N–H and O–H groups in total. The fourth-order valence-corrected chi connectivity index (χ4v) is 5.27. The molecule has 1 saturated heterocycles. The first kappa shape index (κ1) is 25.4. The normalized spacial score (nSPS) is 14.6. The van der Waals surface area contributed by atoms with E-state index in [-0.39, 0.29) is 24.3 Å². The molecule has 1 aromatic heterocycles. The average Bonchev–Trinajstić information content (AvgIpc) is 3.24. The Morgan fingerprint density at radius 1 is 1.03 bits per heavy atom. The first-order valence-electron chi connectivity index (χ1n) is 11.8. The second-order valence-corrected chi connectivity index (χ2v) is 9.34. The number of carbonyl (C=O) groups is 3. The van der Waals surface area contributed by atoms with E-state index < -0.39 is 5.91 Å². The van der Waals surface area contributed by atoms with Gasteiger partial charge in [0.2, 0.25) is 5.91 Å². The van der Waals surface area contributed by atoms with Gasteiger partial charge in [0.1, 0.15) is 6.54 Å². The number of aromatic nitrogens is 1. The number of esters is 1. The number of likely N-dealkylation sites (tertiary alicyclic amines) is 1. The zero-order valence-corrected chi connectivity index (χ0v) is 21.4. The van der Waals surface area contributed by atoms with Gasteiger partial charge in [-0.25, -0.2) is 0 Å². The maximum atomic E-state index is 13.2. The van der Waals surface area contributed by atoms with Crippen molar-refractivity contribution in [2.75, 3.05) is 33.9 Å². The number of thiazole rings is 1. The molecule has 10 heteroatoms. The lowest BCUT2D eigenvalue weighted by molar-refractivity contribution is -0.151. The highest BCUT2D eigenvalue weighted by Crippen LogP contribution is 2.28. The highest BCUT2D eigenvalue weighted by atomic mass is 32.1. The molecular weight excluding hydrogens is 482 g/mol. The molecule has 0 aliphatic carbocycles. The number of hydrogen-bond acceptors (Lipinski definition) is 7. The van der Waals surface area contributed by atoms with Crippen molar-refractivity contribution in [1.29, 1.82) is 0 Å². The van der Waals surface area contributed by atoms with E-state index in [0.29, 0.717) is 54.4 Å². The van der Waals surface area contributed by atoms with Crippen molar-refractivity contribution in [2.24, 2.45) is 10.9 Å². The van der Waals surface area contributed by atoms with E-state index in [1.165, 1.54) is 25.6 Å². The molecular formula is C26H29N3O6S. The third-order valence-electron chi connectivity index (χ3n) is 6.18. The van der Waals surface area contributed by atoms with Gasteiger partial charge in [0.05, 0.1) is 37.0 Å². The summed E-state index contributed by atoms with van der Waals surface area (Å²) in [7, 11) is 3.03. The highest BCUT2D eigenvalue weighted by Gasteiger charge is 2.28. The molecule has 9 nitrogen and oxygen atoms in total. The van der Waals surface area contributed by atoms with E-state index in [2.05, 4.69) is 4.99 Å². The van der Waals surface area contributed by atoms with Gasteiger partial charge < -0.3 is 23.7 Å². The third-order valence-corrected chi connectivity index (χ3v) is 7.24. The Morgan fingerprint density at radius 3 is 2.44 bits per heavy atom. The lowest BCUT2D eigenvalue weighted by atomic mass is 9.97. The third kappa shape index (κ3) is 5.43. The predicted octanol–water partition coefficient (Wildman–Crippen LogP) is 3.26. The molecule has 4 rings (SSSR count). The van der Waals surface area contributed by atoms with Crippen LogP contribution in [0.5, 0.6) is 11.5 Å². The quantitative estimate of drug-likeness (QED) is 0.452. The topological polar surface area (TPSA) is 99.4 Å². The van der Waals surface area contributed by atoms with E-state index in [9.17, 15) is 14.4 Å². The summed E-state index contributed by atoms with van der Waals surface area (Å²) in [5, 5.41) is 0. The fraction of sp³-hybridized carbons (Fsp3) is 0.385. The van der Waals surface area contributed by atoms with Crippen LogP contribution in [0.3, 0.4) is 0 Å². The number of para-hydroxylation sites is 1.